The van der Waals surface area contributed by atoms with Crippen molar-refractivity contribution in [2.45, 2.75) is 40.7 Å². The lowest BCUT2D eigenvalue weighted by Gasteiger charge is -2.24. The van der Waals surface area contributed by atoms with E-state index in [0.717, 1.165) is 11.3 Å². The molecule has 3 nitrogen and oxygen atoms in total. The average molecular weight is 249 g/mol. The number of hydrogen-bond acceptors (Lipinski definition) is 2. The Kier molecular flexibility index (Phi) is 5.20. The maximum absolute atomic E-state index is 11.8. The summed E-state index contributed by atoms with van der Waals surface area (Å²) in [6, 6.07) is 7.66. The van der Waals surface area contributed by atoms with Gasteiger partial charge >= 0.3 is 6.09 Å². The summed E-state index contributed by atoms with van der Waals surface area (Å²) in [5.41, 5.74) is 1.92. The van der Waals surface area contributed by atoms with Gasteiger partial charge < -0.3 is 4.74 Å². The molecule has 0 radical (unpaired) electrons. The number of carbonyl (C=O) groups excluding carboxylic acids is 1. The monoisotopic (exact) mass is 249 g/mol. The second-order valence-corrected chi connectivity index (χ2v) is 5.35. The first-order valence-corrected chi connectivity index (χ1v) is 6.44. The van der Waals surface area contributed by atoms with E-state index in [4.69, 9.17) is 4.74 Å². The van der Waals surface area contributed by atoms with Gasteiger partial charge in [-0.25, -0.2) is 4.79 Å². The van der Waals surface area contributed by atoms with Crippen LogP contribution in [0.1, 0.15) is 33.3 Å². The Morgan fingerprint density at radius 1 is 1.06 bits per heavy atom. The van der Waals surface area contributed by atoms with Crippen molar-refractivity contribution in [1.29, 1.82) is 0 Å². The average Bonchev–Trinajstić information content (AvgIpc) is 2.28. The van der Waals surface area contributed by atoms with Crippen LogP contribution in [0.2, 0.25) is 0 Å². The first-order valence-electron chi connectivity index (χ1n) is 6.44. The van der Waals surface area contributed by atoms with Crippen LogP contribution < -0.4 is 5.32 Å². The van der Waals surface area contributed by atoms with Gasteiger partial charge in [0, 0.05) is 5.69 Å². The van der Waals surface area contributed by atoms with E-state index in [1.165, 1.54) is 0 Å². The zero-order valence-electron chi connectivity index (χ0n) is 11.9. The summed E-state index contributed by atoms with van der Waals surface area (Å²) in [6.07, 6.45) is -0.443. The Morgan fingerprint density at radius 2 is 1.56 bits per heavy atom. The maximum atomic E-state index is 11.8. The van der Waals surface area contributed by atoms with Gasteiger partial charge in [-0.1, -0.05) is 45.4 Å². The van der Waals surface area contributed by atoms with E-state index < -0.39 is 0 Å². The summed E-state index contributed by atoms with van der Waals surface area (Å²) in [5, 5.41) is 2.75. The van der Waals surface area contributed by atoms with Crippen molar-refractivity contribution in [3.8, 4) is 0 Å². The van der Waals surface area contributed by atoms with E-state index in [2.05, 4.69) is 33.0 Å². The molecule has 1 aromatic rings. The Balaban J connectivity index is 2.58. The molecule has 0 saturated carbocycles. The summed E-state index contributed by atoms with van der Waals surface area (Å²) in [4.78, 5) is 11.8. The van der Waals surface area contributed by atoms with Gasteiger partial charge in [-0.05, 0) is 30.9 Å². The molecule has 0 aromatic heterocycles. The third-order valence-corrected chi connectivity index (χ3v) is 2.86. The SMILES string of the molecule is Cc1ccc(NC(=O)OC(C(C)C)C(C)C)cc1. The second-order valence-electron chi connectivity index (χ2n) is 5.35. The van der Waals surface area contributed by atoms with Crippen molar-refractivity contribution in [3.05, 3.63) is 29.8 Å². The molecule has 1 aromatic carbocycles. The highest BCUT2D eigenvalue weighted by Gasteiger charge is 2.21. The minimum atomic E-state index is -0.383. The van der Waals surface area contributed by atoms with Gasteiger partial charge in [0.1, 0.15) is 6.10 Å². The minimum Gasteiger partial charge on any atom is -0.445 e. The Hall–Kier alpha value is -1.51. The van der Waals surface area contributed by atoms with E-state index in [-0.39, 0.29) is 12.2 Å². The van der Waals surface area contributed by atoms with Gasteiger partial charge in [0.05, 0.1) is 0 Å². The predicted molar refractivity (Wildman–Crippen MR) is 74.7 cm³/mol. The molecule has 0 unspecified atom stereocenters. The van der Waals surface area contributed by atoms with Crippen LogP contribution >= 0.6 is 0 Å². The third-order valence-electron chi connectivity index (χ3n) is 2.86. The molecular formula is C15H23NO2. The number of carbonyl (C=O) groups is 1. The first kappa shape index (κ1) is 14.6. The van der Waals surface area contributed by atoms with Crippen LogP contribution in [0.15, 0.2) is 24.3 Å². The minimum absolute atomic E-state index is 0.0598. The Labute approximate surface area is 110 Å². The van der Waals surface area contributed by atoms with Gasteiger partial charge in [-0.2, -0.15) is 0 Å². The van der Waals surface area contributed by atoms with Gasteiger partial charge in [0.15, 0.2) is 0 Å². The van der Waals surface area contributed by atoms with Crippen LogP contribution in [0.4, 0.5) is 10.5 Å². The van der Waals surface area contributed by atoms with Crippen LogP contribution in [0, 0.1) is 18.8 Å². The lowest BCUT2D eigenvalue weighted by molar-refractivity contribution is 0.0516. The van der Waals surface area contributed by atoms with E-state index in [0.29, 0.717) is 11.8 Å². The Morgan fingerprint density at radius 3 is 2.00 bits per heavy atom. The molecule has 0 aliphatic rings. The van der Waals surface area contributed by atoms with Gasteiger partial charge in [-0.15, -0.1) is 0 Å². The number of ether oxygens (including phenoxy) is 1. The molecule has 0 aliphatic heterocycles. The number of rotatable bonds is 4. The van der Waals surface area contributed by atoms with Crippen molar-refractivity contribution in [1.82, 2.24) is 0 Å². The van der Waals surface area contributed by atoms with Crippen molar-refractivity contribution in [2.24, 2.45) is 11.8 Å². The molecule has 0 bridgehead atoms. The lowest BCUT2D eigenvalue weighted by atomic mass is 9.96. The van der Waals surface area contributed by atoms with Crippen LogP contribution in [-0.4, -0.2) is 12.2 Å². The smallest absolute Gasteiger partial charge is 0.411 e. The molecule has 1 N–H and O–H groups in total. The fourth-order valence-corrected chi connectivity index (χ4v) is 1.95. The van der Waals surface area contributed by atoms with E-state index in [1.54, 1.807) is 0 Å². The van der Waals surface area contributed by atoms with Crippen molar-refractivity contribution >= 4 is 11.8 Å². The molecule has 18 heavy (non-hydrogen) atoms. The molecule has 0 aliphatic carbocycles. The zero-order chi connectivity index (χ0) is 13.7. The number of aryl methyl sites for hydroxylation is 1. The molecule has 0 saturated heterocycles. The molecular weight excluding hydrogens is 226 g/mol. The summed E-state index contributed by atoms with van der Waals surface area (Å²) in [7, 11) is 0. The lowest BCUT2D eigenvalue weighted by Crippen LogP contribution is -2.30. The standard InChI is InChI=1S/C15H23NO2/c1-10(2)14(11(3)4)18-15(17)16-13-8-6-12(5)7-9-13/h6-11,14H,1-5H3,(H,16,17). The molecule has 100 valence electrons. The number of nitrogens with one attached hydrogen (secondary N) is 1. The number of hydrogen-bond donors (Lipinski definition) is 1. The first-order chi connectivity index (χ1) is 8.40. The molecule has 1 amide bonds. The molecule has 0 spiro atoms. The summed E-state index contributed by atoms with van der Waals surface area (Å²) >= 11 is 0. The van der Waals surface area contributed by atoms with Crippen LogP contribution in [0.3, 0.4) is 0 Å². The largest absolute Gasteiger partial charge is 0.445 e. The highest BCUT2D eigenvalue weighted by atomic mass is 16.6. The van der Waals surface area contributed by atoms with E-state index in [9.17, 15) is 4.79 Å². The molecule has 0 atom stereocenters. The summed E-state index contributed by atoms with van der Waals surface area (Å²) < 4.78 is 5.46. The molecule has 1 rings (SSSR count). The van der Waals surface area contributed by atoms with E-state index in [1.807, 2.05) is 31.2 Å². The second kappa shape index (κ2) is 6.43. The topological polar surface area (TPSA) is 38.3 Å². The van der Waals surface area contributed by atoms with Crippen molar-refractivity contribution in [3.63, 3.8) is 0 Å². The number of anilines is 1. The van der Waals surface area contributed by atoms with E-state index >= 15 is 0 Å². The zero-order valence-corrected chi connectivity index (χ0v) is 11.9. The fraction of sp³-hybridized carbons (Fsp3) is 0.533. The van der Waals surface area contributed by atoms with Crippen molar-refractivity contribution < 1.29 is 9.53 Å². The van der Waals surface area contributed by atoms with Gasteiger partial charge in [0.2, 0.25) is 0 Å². The third kappa shape index (κ3) is 4.40. The summed E-state index contributed by atoms with van der Waals surface area (Å²) in [6.45, 7) is 10.2. The number of amides is 1. The molecule has 0 heterocycles. The normalized spacial score (nSPS) is 11.1. The molecule has 0 fully saturated rings. The quantitative estimate of drug-likeness (QED) is 0.867. The molecule has 3 heteroatoms. The van der Waals surface area contributed by atoms with Crippen LogP contribution in [0.5, 0.6) is 0 Å². The number of benzene rings is 1. The predicted octanol–water partition coefficient (Wildman–Crippen LogP) is 4.22. The van der Waals surface area contributed by atoms with Crippen molar-refractivity contribution in [2.75, 3.05) is 5.32 Å². The van der Waals surface area contributed by atoms with Gasteiger partial charge in [0.25, 0.3) is 0 Å². The van der Waals surface area contributed by atoms with Gasteiger partial charge in [-0.3, -0.25) is 5.32 Å². The highest BCUT2D eigenvalue weighted by molar-refractivity contribution is 5.84. The Bertz CT molecular complexity index is 374. The highest BCUT2D eigenvalue weighted by Crippen LogP contribution is 2.17. The van der Waals surface area contributed by atoms with Crippen LogP contribution in [0.25, 0.3) is 0 Å². The summed E-state index contributed by atoms with van der Waals surface area (Å²) in [5.74, 6) is 0.627. The maximum Gasteiger partial charge on any atom is 0.411 e. The van der Waals surface area contributed by atoms with Crippen LogP contribution in [-0.2, 0) is 4.74 Å². The fourth-order valence-electron chi connectivity index (χ4n) is 1.95.